The van der Waals surface area contributed by atoms with Crippen LogP contribution in [0.1, 0.15) is 35.2 Å². The number of carbonyl (C=O) groups is 1. The molecule has 0 bridgehead atoms. The highest BCUT2D eigenvalue weighted by Crippen LogP contribution is 2.14. The van der Waals surface area contributed by atoms with E-state index in [1.54, 1.807) is 0 Å². The van der Waals surface area contributed by atoms with Crippen molar-refractivity contribution >= 4 is 5.91 Å². The standard InChI is InChI=1S/C16H22N2O2/c19-16(18-8-1-2-9-18)14-5-3-13(4-6-14)11-17-15-7-10-20-12-15/h3-6,15,17H,1-2,7-12H2/t15-/m0/s1. The summed E-state index contributed by atoms with van der Waals surface area (Å²) in [5.41, 5.74) is 2.02. The van der Waals surface area contributed by atoms with E-state index in [1.807, 2.05) is 29.2 Å². The maximum atomic E-state index is 12.2. The highest BCUT2D eigenvalue weighted by Gasteiger charge is 2.19. The molecule has 4 heteroatoms. The average Bonchev–Trinajstić information content (AvgIpc) is 3.18. The third-order valence-corrected chi connectivity index (χ3v) is 4.12. The molecule has 2 heterocycles. The van der Waals surface area contributed by atoms with E-state index in [2.05, 4.69) is 5.32 Å². The summed E-state index contributed by atoms with van der Waals surface area (Å²) < 4.78 is 5.34. The Morgan fingerprint density at radius 3 is 2.65 bits per heavy atom. The summed E-state index contributed by atoms with van der Waals surface area (Å²) in [6.07, 6.45) is 3.36. The molecule has 1 N–H and O–H groups in total. The van der Waals surface area contributed by atoms with Gasteiger partial charge in [0.05, 0.1) is 6.61 Å². The van der Waals surface area contributed by atoms with Crippen LogP contribution in [0.2, 0.25) is 0 Å². The van der Waals surface area contributed by atoms with Crippen LogP contribution in [0.4, 0.5) is 0 Å². The molecule has 0 radical (unpaired) electrons. The Balaban J connectivity index is 1.54. The van der Waals surface area contributed by atoms with Crippen molar-refractivity contribution in [3.05, 3.63) is 35.4 Å². The zero-order valence-electron chi connectivity index (χ0n) is 11.8. The molecule has 1 aromatic carbocycles. The van der Waals surface area contributed by atoms with E-state index in [-0.39, 0.29) is 5.91 Å². The van der Waals surface area contributed by atoms with Gasteiger partial charge >= 0.3 is 0 Å². The van der Waals surface area contributed by atoms with E-state index in [0.29, 0.717) is 6.04 Å². The minimum Gasteiger partial charge on any atom is -0.380 e. The molecule has 0 saturated carbocycles. The van der Waals surface area contributed by atoms with Crippen molar-refractivity contribution in [2.45, 2.75) is 31.8 Å². The number of benzene rings is 1. The van der Waals surface area contributed by atoms with Gasteiger partial charge in [0.2, 0.25) is 0 Å². The second-order valence-electron chi connectivity index (χ2n) is 5.64. The molecular formula is C16H22N2O2. The van der Waals surface area contributed by atoms with E-state index in [1.165, 1.54) is 5.56 Å². The van der Waals surface area contributed by atoms with Crippen molar-refractivity contribution in [2.75, 3.05) is 26.3 Å². The van der Waals surface area contributed by atoms with Gasteiger partial charge in [-0.15, -0.1) is 0 Å². The number of likely N-dealkylation sites (tertiary alicyclic amines) is 1. The molecule has 108 valence electrons. The van der Waals surface area contributed by atoms with Gasteiger partial charge in [0.1, 0.15) is 0 Å². The van der Waals surface area contributed by atoms with Crippen molar-refractivity contribution < 1.29 is 9.53 Å². The van der Waals surface area contributed by atoms with Gasteiger partial charge in [-0.25, -0.2) is 0 Å². The van der Waals surface area contributed by atoms with E-state index >= 15 is 0 Å². The van der Waals surface area contributed by atoms with Gasteiger partial charge in [0.15, 0.2) is 0 Å². The molecule has 20 heavy (non-hydrogen) atoms. The van der Waals surface area contributed by atoms with Crippen LogP contribution in [0.25, 0.3) is 0 Å². The Labute approximate surface area is 120 Å². The molecule has 0 aliphatic carbocycles. The molecule has 2 fully saturated rings. The summed E-state index contributed by atoms with van der Waals surface area (Å²) in [7, 11) is 0. The predicted octanol–water partition coefficient (Wildman–Crippen LogP) is 1.80. The first-order valence-electron chi connectivity index (χ1n) is 7.52. The van der Waals surface area contributed by atoms with Gasteiger partial charge in [-0.2, -0.15) is 0 Å². The molecule has 1 aromatic rings. The highest BCUT2D eigenvalue weighted by molar-refractivity contribution is 5.94. The summed E-state index contributed by atoms with van der Waals surface area (Å²) in [6, 6.07) is 8.46. The zero-order chi connectivity index (χ0) is 13.8. The maximum Gasteiger partial charge on any atom is 0.253 e. The Bertz CT molecular complexity index is 446. The Kier molecular flexibility index (Phi) is 4.33. The Hall–Kier alpha value is -1.39. The van der Waals surface area contributed by atoms with Crippen LogP contribution in [0.5, 0.6) is 0 Å². The lowest BCUT2D eigenvalue weighted by Gasteiger charge is -2.15. The maximum absolute atomic E-state index is 12.2. The molecule has 0 unspecified atom stereocenters. The van der Waals surface area contributed by atoms with Crippen LogP contribution in [0.3, 0.4) is 0 Å². The number of nitrogens with one attached hydrogen (secondary N) is 1. The van der Waals surface area contributed by atoms with Crippen molar-refractivity contribution in [1.82, 2.24) is 10.2 Å². The van der Waals surface area contributed by atoms with Gasteiger partial charge in [0.25, 0.3) is 5.91 Å². The first-order chi connectivity index (χ1) is 9.83. The molecule has 1 amide bonds. The van der Waals surface area contributed by atoms with Gasteiger partial charge < -0.3 is 15.0 Å². The lowest BCUT2D eigenvalue weighted by Crippen LogP contribution is -2.29. The molecule has 0 spiro atoms. The quantitative estimate of drug-likeness (QED) is 0.910. The van der Waals surface area contributed by atoms with Gasteiger partial charge in [-0.1, -0.05) is 12.1 Å². The fourth-order valence-corrected chi connectivity index (χ4v) is 2.83. The molecule has 3 rings (SSSR count). The number of carbonyl (C=O) groups excluding carboxylic acids is 1. The van der Waals surface area contributed by atoms with Crippen LogP contribution < -0.4 is 5.32 Å². The van der Waals surface area contributed by atoms with Crippen molar-refractivity contribution in [2.24, 2.45) is 0 Å². The Morgan fingerprint density at radius 1 is 1.25 bits per heavy atom. The number of ether oxygens (including phenoxy) is 1. The third-order valence-electron chi connectivity index (χ3n) is 4.12. The van der Waals surface area contributed by atoms with Crippen LogP contribution >= 0.6 is 0 Å². The number of nitrogens with zero attached hydrogens (tertiary/aromatic N) is 1. The lowest BCUT2D eigenvalue weighted by atomic mass is 10.1. The molecule has 2 saturated heterocycles. The second-order valence-corrected chi connectivity index (χ2v) is 5.64. The first-order valence-corrected chi connectivity index (χ1v) is 7.52. The minimum atomic E-state index is 0.172. The number of hydrogen-bond acceptors (Lipinski definition) is 3. The average molecular weight is 274 g/mol. The van der Waals surface area contributed by atoms with E-state index in [0.717, 1.165) is 57.7 Å². The first kappa shape index (κ1) is 13.6. The molecule has 1 atom stereocenters. The predicted molar refractivity (Wildman–Crippen MR) is 77.6 cm³/mol. The highest BCUT2D eigenvalue weighted by atomic mass is 16.5. The van der Waals surface area contributed by atoms with E-state index in [9.17, 15) is 4.79 Å². The monoisotopic (exact) mass is 274 g/mol. The summed E-state index contributed by atoms with van der Waals surface area (Å²) in [5, 5.41) is 3.48. The van der Waals surface area contributed by atoms with Crippen LogP contribution in [0.15, 0.2) is 24.3 Å². The Morgan fingerprint density at radius 2 is 2.00 bits per heavy atom. The topological polar surface area (TPSA) is 41.6 Å². The van der Waals surface area contributed by atoms with Crippen LogP contribution in [-0.4, -0.2) is 43.2 Å². The number of hydrogen-bond donors (Lipinski definition) is 1. The smallest absolute Gasteiger partial charge is 0.253 e. The van der Waals surface area contributed by atoms with Gasteiger partial charge in [-0.05, 0) is 37.0 Å². The summed E-state index contributed by atoms with van der Waals surface area (Å²) in [4.78, 5) is 14.2. The summed E-state index contributed by atoms with van der Waals surface area (Å²) >= 11 is 0. The molecule has 0 aromatic heterocycles. The molecular weight excluding hydrogens is 252 g/mol. The zero-order valence-corrected chi connectivity index (χ0v) is 11.8. The van der Waals surface area contributed by atoms with Crippen molar-refractivity contribution in [1.29, 1.82) is 0 Å². The van der Waals surface area contributed by atoms with Crippen molar-refractivity contribution in [3.8, 4) is 0 Å². The normalized spacial score (nSPS) is 22.4. The lowest BCUT2D eigenvalue weighted by molar-refractivity contribution is 0.0793. The van der Waals surface area contributed by atoms with Gasteiger partial charge in [0, 0.05) is 37.8 Å². The number of rotatable bonds is 4. The fourth-order valence-electron chi connectivity index (χ4n) is 2.83. The third kappa shape index (κ3) is 3.19. The number of amides is 1. The largest absolute Gasteiger partial charge is 0.380 e. The van der Waals surface area contributed by atoms with E-state index < -0.39 is 0 Å². The molecule has 2 aliphatic heterocycles. The van der Waals surface area contributed by atoms with Crippen molar-refractivity contribution in [3.63, 3.8) is 0 Å². The summed E-state index contributed by atoms with van der Waals surface area (Å²) in [6.45, 7) is 4.33. The van der Waals surface area contributed by atoms with Gasteiger partial charge in [-0.3, -0.25) is 4.79 Å². The van der Waals surface area contributed by atoms with Crippen LogP contribution in [0, 0.1) is 0 Å². The van der Waals surface area contributed by atoms with Crippen LogP contribution in [-0.2, 0) is 11.3 Å². The fraction of sp³-hybridized carbons (Fsp3) is 0.562. The SMILES string of the molecule is O=C(c1ccc(CN[C@H]2CCOC2)cc1)N1CCCC1. The van der Waals surface area contributed by atoms with E-state index in [4.69, 9.17) is 4.74 Å². The summed E-state index contributed by atoms with van der Waals surface area (Å²) in [5.74, 6) is 0.172. The second kappa shape index (κ2) is 6.37. The molecule has 4 nitrogen and oxygen atoms in total. The minimum absolute atomic E-state index is 0.172. The molecule has 2 aliphatic rings.